The third-order valence-corrected chi connectivity index (χ3v) is 4.58. The number of likely N-dealkylation sites (tertiary alicyclic amines) is 1. The number of carbonyl (C=O) groups is 1. The maximum atomic E-state index is 13.3. The molecule has 2 atom stereocenters. The predicted molar refractivity (Wildman–Crippen MR) is 79.4 cm³/mol. The third-order valence-electron chi connectivity index (χ3n) is 4.58. The Morgan fingerprint density at radius 2 is 2.18 bits per heavy atom. The number of aliphatic hydroxyl groups is 1. The summed E-state index contributed by atoms with van der Waals surface area (Å²) in [5.74, 6) is -1.84. The van der Waals surface area contributed by atoms with Crippen molar-refractivity contribution < 1.29 is 18.7 Å². The minimum atomic E-state index is -0.932. The standard InChI is InChI=1S/C16H22F2N2O2/c1-3-16(10-21)7-4-8-20(16)15(22)19-11(2)12-5-6-13(17)14(18)9-12/h5-6,9,11,21H,3-4,7-8,10H2,1-2H3,(H,19,22)/t11-,16-/m1/s1. The van der Waals surface area contributed by atoms with E-state index in [0.29, 0.717) is 18.5 Å². The normalized spacial score (nSPS) is 22.7. The van der Waals surface area contributed by atoms with E-state index in [1.165, 1.54) is 6.07 Å². The van der Waals surface area contributed by atoms with Crippen LogP contribution in [0.15, 0.2) is 18.2 Å². The first-order valence-electron chi connectivity index (χ1n) is 7.57. The average molecular weight is 312 g/mol. The summed E-state index contributed by atoms with van der Waals surface area (Å²) in [5, 5.41) is 12.4. The second kappa shape index (κ2) is 6.60. The summed E-state index contributed by atoms with van der Waals surface area (Å²) < 4.78 is 26.2. The first-order valence-corrected chi connectivity index (χ1v) is 7.57. The molecule has 0 aromatic heterocycles. The van der Waals surface area contributed by atoms with Gasteiger partial charge in [-0.25, -0.2) is 13.6 Å². The SMILES string of the molecule is CC[C@]1(CO)CCCN1C(=O)N[C@H](C)c1ccc(F)c(F)c1. The molecule has 1 heterocycles. The van der Waals surface area contributed by atoms with Crippen LogP contribution in [0.2, 0.25) is 0 Å². The summed E-state index contributed by atoms with van der Waals surface area (Å²) in [6, 6.07) is 2.85. The molecule has 1 aliphatic rings. The van der Waals surface area contributed by atoms with E-state index >= 15 is 0 Å². The smallest absolute Gasteiger partial charge is 0.318 e. The molecular formula is C16H22F2N2O2. The van der Waals surface area contributed by atoms with Crippen molar-refractivity contribution in [2.75, 3.05) is 13.2 Å². The Labute approximate surface area is 129 Å². The highest BCUT2D eigenvalue weighted by atomic mass is 19.2. The largest absolute Gasteiger partial charge is 0.394 e. The Morgan fingerprint density at radius 1 is 1.45 bits per heavy atom. The van der Waals surface area contributed by atoms with Crippen molar-refractivity contribution >= 4 is 6.03 Å². The highest BCUT2D eigenvalue weighted by Gasteiger charge is 2.41. The molecule has 1 aliphatic heterocycles. The van der Waals surface area contributed by atoms with Gasteiger partial charge in [-0.3, -0.25) is 0 Å². The minimum Gasteiger partial charge on any atom is -0.394 e. The van der Waals surface area contributed by atoms with E-state index in [4.69, 9.17) is 0 Å². The molecular weight excluding hydrogens is 290 g/mol. The van der Waals surface area contributed by atoms with E-state index < -0.39 is 23.2 Å². The molecule has 0 aliphatic carbocycles. The fourth-order valence-corrected chi connectivity index (χ4v) is 3.03. The van der Waals surface area contributed by atoms with E-state index in [2.05, 4.69) is 5.32 Å². The van der Waals surface area contributed by atoms with Crippen LogP contribution in [0.25, 0.3) is 0 Å². The molecule has 1 fully saturated rings. The Kier molecular flexibility index (Phi) is 5.01. The predicted octanol–water partition coefficient (Wildman–Crippen LogP) is 2.97. The van der Waals surface area contributed by atoms with Gasteiger partial charge in [0.1, 0.15) is 0 Å². The number of urea groups is 1. The maximum absolute atomic E-state index is 13.3. The van der Waals surface area contributed by atoms with Gasteiger partial charge in [0.05, 0.1) is 18.2 Å². The van der Waals surface area contributed by atoms with Gasteiger partial charge in [0.25, 0.3) is 0 Å². The zero-order valence-corrected chi connectivity index (χ0v) is 12.9. The highest BCUT2D eigenvalue weighted by molar-refractivity contribution is 5.76. The molecule has 2 amide bonds. The van der Waals surface area contributed by atoms with Gasteiger partial charge in [0, 0.05) is 6.54 Å². The van der Waals surface area contributed by atoms with Gasteiger partial charge in [-0.1, -0.05) is 13.0 Å². The molecule has 0 spiro atoms. The first-order chi connectivity index (χ1) is 10.4. The summed E-state index contributed by atoms with van der Waals surface area (Å²) in [7, 11) is 0. The number of hydrogen-bond acceptors (Lipinski definition) is 2. The molecule has 2 rings (SSSR count). The fraction of sp³-hybridized carbons (Fsp3) is 0.562. The number of carbonyl (C=O) groups excluding carboxylic acids is 1. The lowest BCUT2D eigenvalue weighted by atomic mass is 9.94. The second-order valence-electron chi connectivity index (χ2n) is 5.84. The van der Waals surface area contributed by atoms with Crippen LogP contribution in [0.4, 0.5) is 13.6 Å². The average Bonchev–Trinajstić information content (AvgIpc) is 2.94. The minimum absolute atomic E-state index is 0.0729. The van der Waals surface area contributed by atoms with E-state index in [1.54, 1.807) is 11.8 Å². The van der Waals surface area contributed by atoms with Gasteiger partial charge < -0.3 is 15.3 Å². The molecule has 0 unspecified atom stereocenters. The Hall–Kier alpha value is -1.69. The van der Waals surface area contributed by atoms with Crippen LogP contribution in [0.5, 0.6) is 0 Å². The van der Waals surface area contributed by atoms with E-state index in [0.717, 1.165) is 25.0 Å². The summed E-state index contributed by atoms with van der Waals surface area (Å²) in [5.41, 5.74) is -0.0183. The van der Waals surface area contributed by atoms with Crippen molar-refractivity contribution in [1.29, 1.82) is 0 Å². The lowest BCUT2D eigenvalue weighted by Gasteiger charge is -2.37. The monoisotopic (exact) mass is 312 g/mol. The zero-order valence-electron chi connectivity index (χ0n) is 12.9. The van der Waals surface area contributed by atoms with Crippen molar-refractivity contribution in [3.8, 4) is 0 Å². The molecule has 1 saturated heterocycles. The van der Waals surface area contributed by atoms with Crippen molar-refractivity contribution in [3.05, 3.63) is 35.4 Å². The van der Waals surface area contributed by atoms with Crippen molar-refractivity contribution in [3.63, 3.8) is 0 Å². The summed E-state index contributed by atoms with van der Waals surface area (Å²) in [4.78, 5) is 14.1. The quantitative estimate of drug-likeness (QED) is 0.898. The summed E-state index contributed by atoms with van der Waals surface area (Å²) in [6.07, 6.45) is 2.30. The molecule has 1 aromatic rings. The third kappa shape index (κ3) is 3.06. The number of aliphatic hydroxyl groups excluding tert-OH is 1. The van der Waals surface area contributed by atoms with Crippen LogP contribution in [-0.2, 0) is 0 Å². The Balaban J connectivity index is 2.09. The lowest BCUT2D eigenvalue weighted by Crippen LogP contribution is -2.53. The Bertz CT molecular complexity index is 547. The Morgan fingerprint density at radius 3 is 2.77 bits per heavy atom. The molecule has 0 bridgehead atoms. The van der Waals surface area contributed by atoms with Crippen LogP contribution >= 0.6 is 0 Å². The van der Waals surface area contributed by atoms with Crippen molar-refractivity contribution in [2.45, 2.75) is 44.7 Å². The van der Waals surface area contributed by atoms with E-state index in [9.17, 15) is 18.7 Å². The van der Waals surface area contributed by atoms with Crippen LogP contribution in [0, 0.1) is 11.6 Å². The van der Waals surface area contributed by atoms with Gasteiger partial charge in [-0.2, -0.15) is 0 Å². The number of hydrogen-bond donors (Lipinski definition) is 2. The van der Waals surface area contributed by atoms with E-state index in [1.807, 2.05) is 6.92 Å². The number of benzene rings is 1. The number of nitrogens with one attached hydrogen (secondary N) is 1. The maximum Gasteiger partial charge on any atom is 0.318 e. The molecule has 6 heteroatoms. The van der Waals surface area contributed by atoms with E-state index in [-0.39, 0.29) is 12.6 Å². The van der Waals surface area contributed by atoms with Crippen LogP contribution < -0.4 is 5.32 Å². The van der Waals surface area contributed by atoms with Crippen LogP contribution in [-0.4, -0.2) is 34.7 Å². The second-order valence-corrected chi connectivity index (χ2v) is 5.84. The van der Waals surface area contributed by atoms with Gasteiger partial charge in [0.2, 0.25) is 0 Å². The molecule has 22 heavy (non-hydrogen) atoms. The number of nitrogens with zero attached hydrogens (tertiary/aromatic N) is 1. The lowest BCUT2D eigenvalue weighted by molar-refractivity contribution is 0.0799. The van der Waals surface area contributed by atoms with Crippen LogP contribution in [0.3, 0.4) is 0 Å². The highest BCUT2D eigenvalue weighted by Crippen LogP contribution is 2.32. The molecule has 2 N–H and O–H groups in total. The van der Waals surface area contributed by atoms with Crippen LogP contribution in [0.1, 0.15) is 44.7 Å². The summed E-state index contributed by atoms with van der Waals surface area (Å²) in [6.45, 7) is 4.18. The molecule has 0 radical (unpaired) electrons. The number of rotatable bonds is 4. The summed E-state index contributed by atoms with van der Waals surface area (Å²) >= 11 is 0. The molecule has 1 aromatic carbocycles. The first kappa shape index (κ1) is 16.7. The topological polar surface area (TPSA) is 52.6 Å². The van der Waals surface area contributed by atoms with Crippen molar-refractivity contribution in [2.24, 2.45) is 0 Å². The molecule has 122 valence electrons. The zero-order chi connectivity index (χ0) is 16.3. The molecule has 4 nitrogen and oxygen atoms in total. The van der Waals surface area contributed by atoms with Crippen molar-refractivity contribution in [1.82, 2.24) is 10.2 Å². The number of halogens is 2. The number of amides is 2. The molecule has 0 saturated carbocycles. The van der Waals surface area contributed by atoms with Gasteiger partial charge >= 0.3 is 6.03 Å². The fourth-order valence-electron chi connectivity index (χ4n) is 3.03. The van der Waals surface area contributed by atoms with Gasteiger partial charge in [-0.05, 0) is 43.9 Å². The van der Waals surface area contributed by atoms with Gasteiger partial charge in [-0.15, -0.1) is 0 Å². The van der Waals surface area contributed by atoms with Gasteiger partial charge in [0.15, 0.2) is 11.6 Å².